The fourth-order valence-electron chi connectivity index (χ4n) is 2.14. The van der Waals surface area contributed by atoms with Crippen LogP contribution >= 0.6 is 11.6 Å². The van der Waals surface area contributed by atoms with E-state index in [1.54, 1.807) is 12.2 Å². The van der Waals surface area contributed by atoms with Gasteiger partial charge in [0, 0.05) is 24.8 Å². The molecule has 0 bridgehead atoms. The molecule has 0 aromatic heterocycles. The Morgan fingerprint density at radius 3 is 2.32 bits per heavy atom. The zero-order chi connectivity index (χ0) is 14.1. The molecule has 1 aromatic rings. The van der Waals surface area contributed by atoms with E-state index in [1.807, 2.05) is 30.3 Å². The maximum atomic E-state index is 6.19. The molecule has 2 rings (SSSR count). The molecule has 4 nitrogen and oxygen atoms in total. The van der Waals surface area contributed by atoms with Crippen molar-refractivity contribution in [3.8, 4) is 0 Å². The van der Waals surface area contributed by atoms with Crippen molar-refractivity contribution in [3.05, 3.63) is 53.1 Å². The predicted molar refractivity (Wildman–Crippen MR) is 76.4 cm³/mol. The second-order valence-electron chi connectivity index (χ2n) is 4.42. The molecule has 1 aromatic carbocycles. The van der Waals surface area contributed by atoms with E-state index in [0.29, 0.717) is 5.02 Å². The van der Waals surface area contributed by atoms with Crippen molar-refractivity contribution in [3.63, 3.8) is 0 Å². The molecule has 0 atom stereocenters. The number of hydrogen-bond donors (Lipinski definition) is 2. The van der Waals surface area contributed by atoms with Gasteiger partial charge in [0.05, 0.1) is 0 Å². The highest BCUT2D eigenvalue weighted by Gasteiger charge is 2.46. The van der Waals surface area contributed by atoms with Crippen LogP contribution in [0.4, 0.5) is 0 Å². The van der Waals surface area contributed by atoms with E-state index in [1.165, 1.54) is 14.2 Å². The Hall–Kier alpha value is -1.17. The first-order valence-corrected chi connectivity index (χ1v) is 6.18. The van der Waals surface area contributed by atoms with Crippen LogP contribution in [0, 0.1) is 0 Å². The number of nitrogens with two attached hydrogens (primary N) is 2. The summed E-state index contributed by atoms with van der Waals surface area (Å²) in [5, 5.41) is 0.640. The van der Waals surface area contributed by atoms with Gasteiger partial charge in [0.1, 0.15) is 5.66 Å². The third-order valence-corrected chi connectivity index (χ3v) is 3.61. The molecule has 0 amide bonds. The summed E-state index contributed by atoms with van der Waals surface area (Å²) in [5.74, 6) is -1.23. The van der Waals surface area contributed by atoms with Gasteiger partial charge in [-0.2, -0.15) is 0 Å². The lowest BCUT2D eigenvalue weighted by Gasteiger charge is -2.42. The number of allylic oxidation sites excluding steroid dienone is 2. The second kappa shape index (κ2) is 5.07. The Bertz CT molecular complexity index is 534. The molecule has 5 heteroatoms. The summed E-state index contributed by atoms with van der Waals surface area (Å²) in [6, 6.07) is 7.51. The molecule has 1 aliphatic carbocycles. The van der Waals surface area contributed by atoms with Gasteiger partial charge < -0.3 is 20.9 Å². The average molecular weight is 281 g/mol. The van der Waals surface area contributed by atoms with Crippen molar-refractivity contribution < 1.29 is 9.47 Å². The number of hydrogen-bond acceptors (Lipinski definition) is 4. The van der Waals surface area contributed by atoms with Crippen molar-refractivity contribution >= 4 is 17.2 Å². The summed E-state index contributed by atoms with van der Waals surface area (Å²) in [7, 11) is 3.00. The Kier molecular flexibility index (Phi) is 3.80. The summed E-state index contributed by atoms with van der Waals surface area (Å²) >= 11 is 6.19. The minimum Gasteiger partial charge on any atom is -0.347 e. The molecule has 1 aliphatic rings. The molecule has 0 unspecified atom stereocenters. The molecular formula is C14H17ClN2O2. The standard InChI is InChI=1S/C14H17ClN2O2/c1-18-14(19-2)9-10(7-8-13(14,16)17)11-5-3-4-6-12(11)15/h3-9H,16-17H2,1-2H3. The van der Waals surface area contributed by atoms with Crippen LogP contribution in [0.2, 0.25) is 5.02 Å². The molecule has 0 saturated carbocycles. The first-order chi connectivity index (χ1) is 8.96. The van der Waals surface area contributed by atoms with Crippen molar-refractivity contribution in [2.24, 2.45) is 11.5 Å². The van der Waals surface area contributed by atoms with Gasteiger partial charge in [-0.25, -0.2) is 0 Å². The number of methoxy groups -OCH3 is 2. The molecule has 4 N–H and O–H groups in total. The van der Waals surface area contributed by atoms with Crippen LogP contribution in [-0.2, 0) is 9.47 Å². The summed E-state index contributed by atoms with van der Waals surface area (Å²) in [5.41, 5.74) is 12.5. The van der Waals surface area contributed by atoms with E-state index < -0.39 is 11.4 Å². The van der Waals surface area contributed by atoms with Crippen LogP contribution in [0.3, 0.4) is 0 Å². The van der Waals surface area contributed by atoms with Crippen molar-refractivity contribution in [1.82, 2.24) is 0 Å². The lowest BCUT2D eigenvalue weighted by molar-refractivity contribution is -0.201. The molecule has 0 spiro atoms. The largest absolute Gasteiger partial charge is 0.347 e. The predicted octanol–water partition coefficient (Wildman–Crippen LogP) is 1.90. The van der Waals surface area contributed by atoms with Gasteiger partial charge in [-0.15, -0.1) is 0 Å². The van der Waals surface area contributed by atoms with Crippen LogP contribution in [0.25, 0.3) is 5.57 Å². The van der Waals surface area contributed by atoms with Crippen LogP contribution < -0.4 is 11.5 Å². The van der Waals surface area contributed by atoms with Gasteiger partial charge in [0.25, 0.3) is 0 Å². The number of rotatable bonds is 3. The fraction of sp³-hybridized carbons (Fsp3) is 0.286. The maximum Gasteiger partial charge on any atom is 0.224 e. The first kappa shape index (κ1) is 14.2. The number of ether oxygens (including phenoxy) is 2. The minimum absolute atomic E-state index is 0.640. The summed E-state index contributed by atoms with van der Waals surface area (Å²) in [6.45, 7) is 0. The smallest absolute Gasteiger partial charge is 0.224 e. The van der Waals surface area contributed by atoms with E-state index >= 15 is 0 Å². The van der Waals surface area contributed by atoms with Gasteiger partial charge >= 0.3 is 0 Å². The SMILES string of the molecule is COC1(OC)C=C(c2ccccc2Cl)C=CC1(N)N. The summed E-state index contributed by atoms with van der Waals surface area (Å²) < 4.78 is 10.8. The molecule has 0 saturated heterocycles. The Morgan fingerprint density at radius 2 is 1.74 bits per heavy atom. The van der Waals surface area contributed by atoms with Crippen LogP contribution in [0.5, 0.6) is 0 Å². The van der Waals surface area contributed by atoms with Crippen LogP contribution in [-0.4, -0.2) is 25.7 Å². The lowest BCUT2D eigenvalue weighted by Crippen LogP contribution is -2.67. The van der Waals surface area contributed by atoms with E-state index in [0.717, 1.165) is 11.1 Å². The Balaban J connectivity index is 2.53. The molecule has 0 heterocycles. The van der Waals surface area contributed by atoms with Gasteiger partial charge in [-0.1, -0.05) is 35.9 Å². The first-order valence-electron chi connectivity index (χ1n) is 5.81. The zero-order valence-electron chi connectivity index (χ0n) is 10.9. The topological polar surface area (TPSA) is 70.5 Å². The Morgan fingerprint density at radius 1 is 1.11 bits per heavy atom. The van der Waals surface area contributed by atoms with Gasteiger partial charge in [-0.05, 0) is 23.8 Å². The Labute approximate surface area is 117 Å². The van der Waals surface area contributed by atoms with E-state index in [9.17, 15) is 0 Å². The monoisotopic (exact) mass is 280 g/mol. The van der Waals surface area contributed by atoms with Crippen molar-refractivity contribution in [2.75, 3.05) is 14.2 Å². The fourth-order valence-corrected chi connectivity index (χ4v) is 2.38. The third kappa shape index (κ3) is 2.33. The zero-order valence-corrected chi connectivity index (χ0v) is 11.6. The van der Waals surface area contributed by atoms with E-state index in [2.05, 4.69) is 0 Å². The summed E-state index contributed by atoms with van der Waals surface area (Å²) in [6.07, 6.45) is 5.21. The van der Waals surface area contributed by atoms with Crippen LogP contribution in [0.15, 0.2) is 42.5 Å². The third-order valence-electron chi connectivity index (χ3n) is 3.28. The van der Waals surface area contributed by atoms with Gasteiger partial charge in [-0.3, -0.25) is 0 Å². The quantitative estimate of drug-likeness (QED) is 0.830. The van der Waals surface area contributed by atoms with Gasteiger partial charge in [0.15, 0.2) is 0 Å². The molecule has 0 fully saturated rings. The normalized spacial score (nSPS) is 20.2. The highest BCUT2D eigenvalue weighted by molar-refractivity contribution is 6.32. The lowest BCUT2D eigenvalue weighted by atomic mass is 9.88. The molecule has 19 heavy (non-hydrogen) atoms. The second-order valence-corrected chi connectivity index (χ2v) is 4.83. The molecule has 0 radical (unpaired) electrons. The summed E-state index contributed by atoms with van der Waals surface area (Å²) in [4.78, 5) is 0. The van der Waals surface area contributed by atoms with E-state index in [-0.39, 0.29) is 0 Å². The van der Waals surface area contributed by atoms with E-state index in [4.69, 9.17) is 32.5 Å². The van der Waals surface area contributed by atoms with Crippen LogP contribution in [0.1, 0.15) is 5.56 Å². The average Bonchev–Trinajstić information content (AvgIpc) is 2.40. The number of benzene rings is 1. The molecule has 102 valence electrons. The van der Waals surface area contributed by atoms with Crippen molar-refractivity contribution in [1.29, 1.82) is 0 Å². The van der Waals surface area contributed by atoms with Crippen molar-refractivity contribution in [2.45, 2.75) is 11.4 Å². The number of halogens is 1. The minimum atomic E-state index is -1.25. The highest BCUT2D eigenvalue weighted by atomic mass is 35.5. The van der Waals surface area contributed by atoms with Gasteiger partial charge in [0.2, 0.25) is 5.79 Å². The molecular weight excluding hydrogens is 264 g/mol. The maximum absolute atomic E-state index is 6.19. The highest BCUT2D eigenvalue weighted by Crippen LogP contribution is 2.35. The molecule has 0 aliphatic heterocycles.